The molecule has 4 aromatic carbocycles. The maximum absolute atomic E-state index is 14.2. The molecule has 4 nitrogen and oxygen atoms in total. The fourth-order valence-corrected chi connectivity index (χ4v) is 4.91. The molecule has 0 saturated carbocycles. The Morgan fingerprint density at radius 2 is 0.842 bits per heavy atom. The molecule has 0 spiro atoms. The lowest BCUT2D eigenvalue weighted by atomic mass is 10.0. The second kappa shape index (κ2) is 8.88. The third-order valence-electron chi connectivity index (χ3n) is 6.57. The molecule has 0 saturated heterocycles. The van der Waals surface area contributed by atoms with Crippen LogP contribution < -0.4 is 9.80 Å². The number of amides is 2. The van der Waals surface area contributed by atoms with Crippen LogP contribution >= 0.6 is 0 Å². The Labute approximate surface area is 216 Å². The predicted molar refractivity (Wildman–Crippen MR) is 140 cm³/mol. The lowest BCUT2D eigenvalue weighted by Crippen LogP contribution is -2.29. The van der Waals surface area contributed by atoms with E-state index in [9.17, 15) is 22.8 Å². The summed E-state index contributed by atoms with van der Waals surface area (Å²) in [7, 11) is 0. The highest BCUT2D eigenvalue weighted by atomic mass is 19.4. The molecule has 0 N–H and O–H groups in total. The summed E-state index contributed by atoms with van der Waals surface area (Å²) in [6.45, 7) is 0. The molecule has 0 bridgehead atoms. The van der Waals surface area contributed by atoms with Crippen molar-refractivity contribution in [3.8, 4) is 0 Å². The Bertz CT molecular complexity index is 1610. The summed E-state index contributed by atoms with van der Waals surface area (Å²) in [4.78, 5) is 31.2. The number of carbonyl (C=O) groups is 2. The Morgan fingerprint density at radius 1 is 0.474 bits per heavy atom. The van der Waals surface area contributed by atoms with Crippen molar-refractivity contribution < 1.29 is 22.8 Å². The average Bonchev–Trinajstić information content (AvgIpc) is 3.41. The van der Waals surface area contributed by atoms with E-state index in [1.807, 2.05) is 54.6 Å². The van der Waals surface area contributed by atoms with Crippen molar-refractivity contribution in [3.63, 3.8) is 0 Å². The fourth-order valence-electron chi connectivity index (χ4n) is 4.91. The summed E-state index contributed by atoms with van der Waals surface area (Å²) in [6, 6.07) is 31.5. The molecule has 7 heteroatoms. The topological polar surface area (TPSA) is 40.6 Å². The molecule has 2 aliphatic heterocycles. The number of para-hydroxylation sites is 1. The fraction of sp³-hybridized carbons (Fsp3) is 0.0323. The van der Waals surface area contributed by atoms with Gasteiger partial charge in [0.1, 0.15) is 0 Å². The molecule has 0 fully saturated rings. The van der Waals surface area contributed by atoms with E-state index in [-0.39, 0.29) is 22.7 Å². The largest absolute Gasteiger partial charge is 0.416 e. The molecule has 0 atom stereocenters. The summed E-state index contributed by atoms with van der Waals surface area (Å²) in [5.74, 6) is -0.865. The molecule has 6 rings (SSSR count). The number of halogens is 3. The number of rotatable bonds is 4. The van der Waals surface area contributed by atoms with E-state index < -0.39 is 17.6 Å². The van der Waals surface area contributed by atoms with Gasteiger partial charge in [-0.15, -0.1) is 0 Å². The van der Waals surface area contributed by atoms with Crippen LogP contribution in [0.15, 0.2) is 126 Å². The highest BCUT2D eigenvalue weighted by Crippen LogP contribution is 2.49. The summed E-state index contributed by atoms with van der Waals surface area (Å²) in [6.07, 6.45) is -4.51. The van der Waals surface area contributed by atoms with Gasteiger partial charge in [0.05, 0.1) is 28.1 Å². The summed E-state index contributed by atoms with van der Waals surface area (Å²) >= 11 is 0. The first kappa shape index (κ1) is 23.5. The predicted octanol–water partition coefficient (Wildman–Crippen LogP) is 6.92. The van der Waals surface area contributed by atoms with E-state index in [0.717, 1.165) is 12.1 Å². The highest BCUT2D eigenvalue weighted by molar-refractivity contribution is 6.41. The average molecular weight is 508 g/mol. The first-order chi connectivity index (χ1) is 18.4. The Balaban J connectivity index is 1.62. The van der Waals surface area contributed by atoms with Crippen LogP contribution in [0.2, 0.25) is 0 Å². The monoisotopic (exact) mass is 508 g/mol. The summed E-state index contributed by atoms with van der Waals surface area (Å²) in [5, 5.41) is 0. The Morgan fingerprint density at radius 3 is 1.24 bits per heavy atom. The number of fused-ring (bicyclic) bond motifs is 1. The van der Waals surface area contributed by atoms with Crippen LogP contribution in [-0.4, -0.2) is 11.8 Å². The minimum Gasteiger partial charge on any atom is -0.275 e. The first-order valence-corrected chi connectivity index (χ1v) is 11.9. The SMILES string of the molecule is O=C1C2=C(c3ccccc3)N(c3ccc(C(F)(F)F)cc3)C(=O)C2=C(c2ccccc2)N1c1ccccc1. The Hall–Kier alpha value is -4.91. The van der Waals surface area contributed by atoms with Gasteiger partial charge < -0.3 is 0 Å². The maximum atomic E-state index is 14.2. The number of anilines is 2. The second-order valence-electron chi connectivity index (χ2n) is 8.84. The zero-order valence-electron chi connectivity index (χ0n) is 19.8. The zero-order valence-corrected chi connectivity index (χ0v) is 19.8. The summed E-state index contributed by atoms with van der Waals surface area (Å²) in [5.41, 5.74) is 2.48. The highest BCUT2D eigenvalue weighted by Gasteiger charge is 2.50. The van der Waals surface area contributed by atoms with E-state index in [2.05, 4.69) is 0 Å². The first-order valence-electron chi connectivity index (χ1n) is 11.9. The standard InChI is InChI=1S/C31H19F3N2O2/c32-31(33,34)22-16-18-24(19-17-22)36-28(21-12-6-2-7-13-21)26-25(30(36)38)27(20-10-4-1-5-11-20)35(29(26)37)23-14-8-3-9-15-23/h1-19H. The summed E-state index contributed by atoms with van der Waals surface area (Å²) < 4.78 is 39.7. The van der Waals surface area contributed by atoms with Gasteiger partial charge in [0.2, 0.25) is 0 Å². The van der Waals surface area contributed by atoms with Crippen LogP contribution in [0.3, 0.4) is 0 Å². The molecule has 186 valence electrons. The van der Waals surface area contributed by atoms with Crippen molar-refractivity contribution in [2.24, 2.45) is 0 Å². The lowest BCUT2D eigenvalue weighted by Gasteiger charge is -2.25. The van der Waals surface area contributed by atoms with E-state index in [4.69, 9.17) is 0 Å². The number of nitrogens with zero attached hydrogens (tertiary/aromatic N) is 2. The lowest BCUT2D eigenvalue weighted by molar-refractivity contribution is -0.137. The van der Waals surface area contributed by atoms with Crippen LogP contribution in [0, 0.1) is 0 Å². The van der Waals surface area contributed by atoms with Gasteiger partial charge in [0.25, 0.3) is 11.8 Å². The molecule has 0 unspecified atom stereocenters. The smallest absolute Gasteiger partial charge is 0.275 e. The minimum atomic E-state index is -4.51. The van der Waals surface area contributed by atoms with Gasteiger partial charge >= 0.3 is 6.18 Å². The van der Waals surface area contributed by atoms with E-state index in [0.29, 0.717) is 28.2 Å². The molecular formula is C31H19F3N2O2. The van der Waals surface area contributed by atoms with Gasteiger partial charge in [-0.25, -0.2) is 0 Å². The van der Waals surface area contributed by atoms with Gasteiger partial charge in [-0.1, -0.05) is 78.9 Å². The molecule has 2 amide bonds. The van der Waals surface area contributed by atoms with Gasteiger partial charge in [0, 0.05) is 11.4 Å². The van der Waals surface area contributed by atoms with Crippen molar-refractivity contribution in [1.82, 2.24) is 0 Å². The molecule has 2 heterocycles. The zero-order chi connectivity index (χ0) is 26.4. The van der Waals surface area contributed by atoms with Crippen molar-refractivity contribution in [2.45, 2.75) is 6.18 Å². The molecular weight excluding hydrogens is 489 g/mol. The molecule has 38 heavy (non-hydrogen) atoms. The number of benzene rings is 4. The van der Waals surface area contributed by atoms with Crippen molar-refractivity contribution in [1.29, 1.82) is 0 Å². The Kier molecular flexibility index (Phi) is 5.49. The van der Waals surface area contributed by atoms with E-state index in [1.54, 1.807) is 36.4 Å². The van der Waals surface area contributed by atoms with Gasteiger partial charge in [0.15, 0.2) is 0 Å². The number of alkyl halides is 3. The number of carbonyl (C=O) groups excluding carboxylic acids is 2. The van der Waals surface area contributed by atoms with Gasteiger partial charge in [-0.05, 0) is 47.5 Å². The molecule has 0 radical (unpaired) electrons. The third kappa shape index (κ3) is 3.71. The van der Waals surface area contributed by atoms with Crippen molar-refractivity contribution in [2.75, 3.05) is 9.80 Å². The third-order valence-corrected chi connectivity index (χ3v) is 6.57. The molecule has 2 aliphatic rings. The van der Waals surface area contributed by atoms with Crippen LogP contribution in [0.1, 0.15) is 16.7 Å². The second-order valence-corrected chi connectivity index (χ2v) is 8.84. The molecule has 0 aromatic heterocycles. The molecule has 0 aliphatic carbocycles. The van der Waals surface area contributed by atoms with Crippen LogP contribution in [0.4, 0.5) is 24.5 Å². The maximum Gasteiger partial charge on any atom is 0.416 e. The van der Waals surface area contributed by atoms with Crippen LogP contribution in [-0.2, 0) is 15.8 Å². The quantitative estimate of drug-likeness (QED) is 0.300. The van der Waals surface area contributed by atoms with Crippen molar-refractivity contribution in [3.05, 3.63) is 143 Å². The van der Waals surface area contributed by atoms with Crippen molar-refractivity contribution >= 4 is 34.6 Å². The van der Waals surface area contributed by atoms with Gasteiger partial charge in [-0.2, -0.15) is 13.2 Å². The van der Waals surface area contributed by atoms with E-state index in [1.165, 1.54) is 21.9 Å². The molecule has 4 aromatic rings. The number of hydrogen-bond donors (Lipinski definition) is 0. The van der Waals surface area contributed by atoms with E-state index >= 15 is 0 Å². The van der Waals surface area contributed by atoms with Gasteiger partial charge in [-0.3, -0.25) is 19.4 Å². The number of hydrogen-bond acceptors (Lipinski definition) is 2. The normalized spacial score (nSPS) is 15.6. The van der Waals surface area contributed by atoms with Crippen LogP contribution in [0.25, 0.3) is 11.4 Å². The minimum absolute atomic E-state index is 0.212. The van der Waals surface area contributed by atoms with Crippen LogP contribution in [0.5, 0.6) is 0 Å².